The van der Waals surface area contributed by atoms with Crippen LogP contribution in [0.2, 0.25) is 0 Å². The van der Waals surface area contributed by atoms with Crippen molar-refractivity contribution in [2.24, 2.45) is 10.1 Å². The van der Waals surface area contributed by atoms with E-state index in [-0.39, 0.29) is 17.2 Å². The molecular weight excluding hydrogens is 372 g/mol. The third-order valence-electron chi connectivity index (χ3n) is 4.81. The number of amides is 1. The molecule has 0 aliphatic carbocycles. The lowest BCUT2D eigenvalue weighted by Crippen LogP contribution is -2.34. The van der Waals surface area contributed by atoms with Crippen LogP contribution in [0.1, 0.15) is 30.5 Å². The maximum absolute atomic E-state index is 12.6. The maximum atomic E-state index is 12.6. The number of hydrogen-bond donors (Lipinski definition) is 1. The zero-order valence-electron chi connectivity index (χ0n) is 15.8. The highest BCUT2D eigenvalue weighted by atomic mass is 32.2. The Labute approximate surface area is 168 Å². The van der Waals surface area contributed by atoms with E-state index in [1.165, 1.54) is 17.3 Å². The molecule has 2 aromatic rings. The van der Waals surface area contributed by atoms with Crippen molar-refractivity contribution in [2.45, 2.75) is 31.2 Å². The summed E-state index contributed by atoms with van der Waals surface area (Å²) < 4.78 is 5.16. The van der Waals surface area contributed by atoms with E-state index in [1.807, 2.05) is 60.6 Å². The highest BCUT2D eigenvalue weighted by molar-refractivity contribution is 8.14. The van der Waals surface area contributed by atoms with Crippen LogP contribution in [0.3, 0.4) is 0 Å². The van der Waals surface area contributed by atoms with E-state index in [0.29, 0.717) is 6.54 Å². The molecule has 0 saturated carbocycles. The quantitative estimate of drug-likeness (QED) is 0.836. The van der Waals surface area contributed by atoms with Crippen molar-refractivity contribution in [3.05, 3.63) is 59.7 Å². The Hall–Kier alpha value is -2.80. The first-order valence-corrected chi connectivity index (χ1v) is 10.1. The fourth-order valence-corrected chi connectivity index (χ4v) is 4.19. The smallest absolute Gasteiger partial charge is 0.233 e. The fourth-order valence-electron chi connectivity index (χ4n) is 3.25. The third kappa shape index (κ3) is 3.75. The van der Waals surface area contributed by atoms with Crippen molar-refractivity contribution >= 4 is 34.7 Å². The summed E-state index contributed by atoms with van der Waals surface area (Å²) in [4.78, 5) is 17.3. The average molecular weight is 395 g/mol. The number of benzene rings is 2. The van der Waals surface area contributed by atoms with Gasteiger partial charge in [-0.1, -0.05) is 42.1 Å². The van der Waals surface area contributed by atoms with E-state index < -0.39 is 0 Å². The lowest BCUT2D eigenvalue weighted by Gasteiger charge is -2.30. The highest BCUT2D eigenvalue weighted by Gasteiger charge is 2.34. The number of fused-ring (bicyclic) bond motifs is 3. The number of thioether (sulfide) groups is 1. The molecule has 0 aromatic heterocycles. The van der Waals surface area contributed by atoms with Crippen molar-refractivity contribution < 1.29 is 9.53 Å². The van der Waals surface area contributed by atoms with E-state index in [1.54, 1.807) is 7.11 Å². The van der Waals surface area contributed by atoms with Gasteiger partial charge in [0.1, 0.15) is 5.75 Å². The number of para-hydroxylation sites is 1. The molecule has 4 rings (SSSR count). The Morgan fingerprint density at radius 2 is 2.07 bits per heavy atom. The minimum absolute atomic E-state index is 0.0258. The molecule has 2 unspecified atom stereocenters. The third-order valence-corrected chi connectivity index (χ3v) is 5.87. The van der Waals surface area contributed by atoms with Gasteiger partial charge in [-0.2, -0.15) is 5.10 Å². The van der Waals surface area contributed by atoms with Crippen LogP contribution in [0, 0.1) is 0 Å². The second-order valence-electron chi connectivity index (χ2n) is 6.67. The van der Waals surface area contributed by atoms with Crippen LogP contribution in [-0.2, 0) is 11.3 Å². The van der Waals surface area contributed by atoms with E-state index in [2.05, 4.69) is 16.5 Å². The predicted octanol–water partition coefficient (Wildman–Crippen LogP) is 3.87. The first-order valence-electron chi connectivity index (χ1n) is 9.22. The summed E-state index contributed by atoms with van der Waals surface area (Å²) in [6.45, 7) is 2.37. The number of methoxy groups -OCH3 is 1. The summed E-state index contributed by atoms with van der Waals surface area (Å²) >= 11 is 1.44. The van der Waals surface area contributed by atoms with Crippen LogP contribution in [0.15, 0.2) is 58.6 Å². The van der Waals surface area contributed by atoms with Crippen LogP contribution >= 0.6 is 11.8 Å². The lowest BCUT2D eigenvalue weighted by atomic mass is 10.0. The summed E-state index contributed by atoms with van der Waals surface area (Å²) in [6.07, 6.45) is 2.77. The van der Waals surface area contributed by atoms with Crippen molar-refractivity contribution in [1.29, 1.82) is 0 Å². The van der Waals surface area contributed by atoms with E-state index in [9.17, 15) is 4.79 Å². The minimum atomic E-state index is -0.279. The molecular formula is C21H22N4O2S. The summed E-state index contributed by atoms with van der Waals surface area (Å²) in [5, 5.41) is 9.89. The number of nitrogens with zero attached hydrogens (tertiary/aromatic N) is 3. The zero-order chi connectivity index (χ0) is 19.5. The van der Waals surface area contributed by atoms with E-state index in [4.69, 9.17) is 9.73 Å². The van der Waals surface area contributed by atoms with Crippen LogP contribution < -0.4 is 10.1 Å². The largest absolute Gasteiger partial charge is 0.497 e. The number of nitrogens with one attached hydrogen (secondary N) is 1. The Morgan fingerprint density at radius 1 is 1.29 bits per heavy atom. The van der Waals surface area contributed by atoms with Crippen molar-refractivity contribution in [3.63, 3.8) is 0 Å². The fraction of sp³-hybridized carbons (Fsp3) is 0.286. The first kappa shape index (κ1) is 18.6. The van der Waals surface area contributed by atoms with Gasteiger partial charge in [-0.3, -0.25) is 4.79 Å². The molecule has 1 amide bonds. The number of hydrogen-bond acceptors (Lipinski definition) is 6. The van der Waals surface area contributed by atoms with Crippen molar-refractivity contribution in [2.75, 3.05) is 7.11 Å². The number of carbonyl (C=O) groups excluding carboxylic acids is 1. The van der Waals surface area contributed by atoms with Gasteiger partial charge in [-0.05, 0) is 30.7 Å². The van der Waals surface area contributed by atoms with E-state index >= 15 is 0 Å². The molecule has 144 valence electrons. The Kier molecular flexibility index (Phi) is 5.34. The number of aliphatic imine (C=N–C) groups is 1. The van der Waals surface area contributed by atoms with Gasteiger partial charge >= 0.3 is 0 Å². The molecule has 0 radical (unpaired) electrons. The molecule has 2 aliphatic rings. The molecule has 2 aliphatic heterocycles. The Bertz CT molecular complexity index is 926. The Morgan fingerprint density at radius 3 is 2.86 bits per heavy atom. The first-order chi connectivity index (χ1) is 13.7. The summed E-state index contributed by atoms with van der Waals surface area (Å²) in [5.41, 5.74) is 3.17. The predicted molar refractivity (Wildman–Crippen MR) is 113 cm³/mol. The van der Waals surface area contributed by atoms with Crippen LogP contribution in [0.5, 0.6) is 5.75 Å². The number of rotatable bonds is 5. The standard InChI is InChI=1S/C21H22N4O2S/c1-14(20(26)22-13-15-7-9-16(27-2)10-8-15)28-21-24-18-6-4-3-5-17(18)19-11-12-23-25(19)21/h3-10,12,14,19H,11,13H2,1-2H3,(H,22,26). The molecule has 0 spiro atoms. The van der Waals surface area contributed by atoms with Crippen LogP contribution in [-0.4, -0.2) is 34.7 Å². The van der Waals surface area contributed by atoms with Gasteiger partial charge in [0.15, 0.2) is 5.17 Å². The molecule has 2 aromatic carbocycles. The Balaban J connectivity index is 1.41. The molecule has 7 heteroatoms. The minimum Gasteiger partial charge on any atom is -0.497 e. The number of hydrazone groups is 1. The van der Waals surface area contributed by atoms with Gasteiger partial charge in [-0.25, -0.2) is 10.0 Å². The van der Waals surface area contributed by atoms with Crippen LogP contribution in [0.4, 0.5) is 5.69 Å². The molecule has 1 N–H and O–H groups in total. The molecule has 0 bridgehead atoms. The number of carbonyl (C=O) groups is 1. The maximum Gasteiger partial charge on any atom is 0.233 e. The molecule has 28 heavy (non-hydrogen) atoms. The zero-order valence-corrected chi connectivity index (χ0v) is 16.6. The van der Waals surface area contributed by atoms with Gasteiger partial charge in [0.05, 0.1) is 24.1 Å². The van der Waals surface area contributed by atoms with Gasteiger partial charge in [-0.15, -0.1) is 0 Å². The number of amidine groups is 1. The summed E-state index contributed by atoms with van der Waals surface area (Å²) in [6, 6.07) is 16.0. The normalized spacial score (nSPS) is 18.1. The second kappa shape index (κ2) is 8.06. The summed E-state index contributed by atoms with van der Waals surface area (Å²) in [7, 11) is 1.64. The average Bonchev–Trinajstić information content (AvgIpc) is 3.23. The van der Waals surface area contributed by atoms with E-state index in [0.717, 1.165) is 28.6 Å². The van der Waals surface area contributed by atoms with Crippen molar-refractivity contribution in [3.8, 4) is 5.75 Å². The highest BCUT2D eigenvalue weighted by Crippen LogP contribution is 2.41. The number of ether oxygens (including phenoxy) is 1. The molecule has 6 nitrogen and oxygen atoms in total. The molecule has 2 heterocycles. The SMILES string of the molecule is COc1ccc(CNC(=O)C(C)SC2=Nc3ccccc3C3CC=NN23)cc1. The van der Waals surface area contributed by atoms with Crippen LogP contribution in [0.25, 0.3) is 0 Å². The lowest BCUT2D eigenvalue weighted by molar-refractivity contribution is -0.120. The van der Waals surface area contributed by atoms with Crippen molar-refractivity contribution in [1.82, 2.24) is 10.3 Å². The topological polar surface area (TPSA) is 66.3 Å². The van der Waals surface area contributed by atoms with Gasteiger partial charge in [0.2, 0.25) is 5.91 Å². The van der Waals surface area contributed by atoms with Gasteiger partial charge < -0.3 is 10.1 Å². The summed E-state index contributed by atoms with van der Waals surface area (Å²) in [5.74, 6) is 0.775. The second-order valence-corrected chi connectivity index (χ2v) is 7.98. The van der Waals surface area contributed by atoms with Gasteiger partial charge in [0, 0.05) is 24.7 Å². The molecule has 0 fully saturated rings. The molecule has 0 saturated heterocycles. The molecule has 2 atom stereocenters. The van der Waals surface area contributed by atoms with Gasteiger partial charge in [0.25, 0.3) is 0 Å². The monoisotopic (exact) mass is 394 g/mol.